The second kappa shape index (κ2) is 10.9. The minimum atomic E-state index is -2.10. The first-order chi connectivity index (χ1) is 14.3. The molecule has 0 saturated heterocycles. The molecular formula is C26H31O2P. The van der Waals surface area contributed by atoms with Crippen molar-refractivity contribution in [1.29, 1.82) is 0 Å². The van der Waals surface area contributed by atoms with Gasteiger partial charge in [-0.3, -0.25) is 0 Å². The molecule has 0 aliphatic carbocycles. The Kier molecular flexibility index (Phi) is 8.02. The van der Waals surface area contributed by atoms with Crippen LogP contribution in [-0.2, 0) is 9.53 Å². The summed E-state index contributed by atoms with van der Waals surface area (Å²) in [7, 11) is -0.644. The van der Waals surface area contributed by atoms with Gasteiger partial charge in [0.2, 0.25) is 0 Å². The Balaban J connectivity index is 1.88. The van der Waals surface area contributed by atoms with Crippen molar-refractivity contribution in [2.24, 2.45) is 0 Å². The molecule has 0 aliphatic heterocycles. The third-order valence-electron chi connectivity index (χ3n) is 5.71. The molecule has 0 atom stereocenters. The molecule has 0 fully saturated rings. The molecular weight excluding hydrogens is 375 g/mol. The van der Waals surface area contributed by atoms with Crippen LogP contribution in [0.3, 0.4) is 0 Å². The minimum absolute atomic E-state index is 0.105. The molecule has 0 amide bonds. The zero-order valence-electron chi connectivity index (χ0n) is 17.2. The van der Waals surface area contributed by atoms with Crippen LogP contribution in [0.2, 0.25) is 0 Å². The van der Waals surface area contributed by atoms with Crippen molar-refractivity contribution in [1.82, 2.24) is 0 Å². The van der Waals surface area contributed by atoms with E-state index in [4.69, 9.17) is 4.74 Å². The number of esters is 1. The van der Waals surface area contributed by atoms with Crippen molar-refractivity contribution < 1.29 is 9.53 Å². The molecule has 29 heavy (non-hydrogen) atoms. The van der Waals surface area contributed by atoms with E-state index in [1.807, 2.05) is 0 Å². The first-order valence-corrected chi connectivity index (χ1v) is 12.7. The van der Waals surface area contributed by atoms with Crippen LogP contribution in [0.15, 0.2) is 91.0 Å². The number of carbonyl (C=O) groups excluding carboxylic acids is 1. The fourth-order valence-electron chi connectivity index (χ4n) is 4.22. The van der Waals surface area contributed by atoms with Gasteiger partial charge < -0.3 is 0 Å². The van der Waals surface area contributed by atoms with Crippen molar-refractivity contribution in [2.75, 3.05) is 13.3 Å². The summed E-state index contributed by atoms with van der Waals surface area (Å²) in [5, 5.41) is 4.39. The molecule has 3 heteroatoms. The first kappa shape index (κ1) is 21.3. The van der Waals surface area contributed by atoms with E-state index in [2.05, 4.69) is 91.0 Å². The van der Waals surface area contributed by atoms with E-state index in [9.17, 15) is 4.79 Å². The molecule has 152 valence electrons. The molecule has 0 aromatic heterocycles. The quantitative estimate of drug-likeness (QED) is 0.274. The van der Waals surface area contributed by atoms with E-state index >= 15 is 0 Å². The predicted octanol–water partition coefficient (Wildman–Crippen LogP) is 4.84. The average molecular weight is 407 g/mol. The SMILES string of the molecule is COC(=O)CCCCCC[PH](c1ccccc1)(c1ccccc1)c1ccccc1. The second-order valence-corrected chi connectivity index (χ2v) is 11.5. The summed E-state index contributed by atoms with van der Waals surface area (Å²) in [5.74, 6) is -0.105. The predicted molar refractivity (Wildman–Crippen MR) is 127 cm³/mol. The van der Waals surface area contributed by atoms with Crippen LogP contribution in [0.4, 0.5) is 0 Å². The van der Waals surface area contributed by atoms with Crippen LogP contribution in [0, 0.1) is 0 Å². The molecule has 3 aromatic carbocycles. The third-order valence-corrected chi connectivity index (χ3v) is 10.8. The molecule has 0 unspecified atom stereocenters. The molecule has 0 N–H and O–H groups in total. The second-order valence-electron chi connectivity index (χ2n) is 7.49. The van der Waals surface area contributed by atoms with Crippen LogP contribution < -0.4 is 15.9 Å². The van der Waals surface area contributed by atoms with Gasteiger partial charge in [0, 0.05) is 0 Å². The van der Waals surface area contributed by atoms with Gasteiger partial charge in [-0.15, -0.1) is 0 Å². The topological polar surface area (TPSA) is 26.3 Å². The Labute approximate surface area is 175 Å². The van der Waals surface area contributed by atoms with Crippen LogP contribution in [0.5, 0.6) is 0 Å². The van der Waals surface area contributed by atoms with Gasteiger partial charge >= 0.3 is 175 Å². The molecule has 0 bridgehead atoms. The first-order valence-electron chi connectivity index (χ1n) is 10.5. The molecule has 3 aromatic rings. The van der Waals surface area contributed by atoms with Gasteiger partial charge in [0.25, 0.3) is 0 Å². The van der Waals surface area contributed by atoms with Gasteiger partial charge in [-0.25, -0.2) is 0 Å². The van der Waals surface area contributed by atoms with E-state index in [0.29, 0.717) is 6.42 Å². The zero-order chi connectivity index (χ0) is 20.4. The van der Waals surface area contributed by atoms with Crippen molar-refractivity contribution in [3.63, 3.8) is 0 Å². The monoisotopic (exact) mass is 406 g/mol. The average Bonchev–Trinajstić information content (AvgIpc) is 2.80. The number of carbonyl (C=O) groups is 1. The van der Waals surface area contributed by atoms with E-state index in [1.54, 1.807) is 0 Å². The maximum absolute atomic E-state index is 11.3. The molecule has 0 spiro atoms. The van der Waals surface area contributed by atoms with Crippen LogP contribution in [0.1, 0.15) is 32.1 Å². The summed E-state index contributed by atoms with van der Waals surface area (Å²) in [6.45, 7) is 0. The maximum atomic E-state index is 11.3. The Hall–Kier alpha value is -2.44. The fraction of sp³-hybridized carbons (Fsp3) is 0.269. The summed E-state index contributed by atoms with van der Waals surface area (Å²) >= 11 is 0. The number of ether oxygens (including phenoxy) is 1. The molecule has 0 radical (unpaired) electrons. The van der Waals surface area contributed by atoms with Gasteiger partial charge in [-0.05, 0) is 0 Å². The number of unbranched alkanes of at least 4 members (excludes halogenated alkanes) is 3. The summed E-state index contributed by atoms with van der Waals surface area (Å²) in [6, 6.07) is 33.2. The van der Waals surface area contributed by atoms with Crippen LogP contribution in [0.25, 0.3) is 0 Å². The van der Waals surface area contributed by atoms with Gasteiger partial charge in [0.15, 0.2) is 0 Å². The van der Waals surface area contributed by atoms with Crippen LogP contribution >= 0.6 is 7.26 Å². The van der Waals surface area contributed by atoms with E-state index < -0.39 is 7.26 Å². The van der Waals surface area contributed by atoms with E-state index in [-0.39, 0.29) is 5.97 Å². The number of benzene rings is 3. The molecule has 2 nitrogen and oxygen atoms in total. The Bertz CT molecular complexity index is 766. The number of methoxy groups -OCH3 is 1. The van der Waals surface area contributed by atoms with E-state index in [1.165, 1.54) is 29.2 Å². The fourth-order valence-corrected chi connectivity index (χ4v) is 9.15. The van der Waals surface area contributed by atoms with Crippen molar-refractivity contribution >= 4 is 29.1 Å². The van der Waals surface area contributed by atoms with Gasteiger partial charge in [-0.2, -0.15) is 0 Å². The number of hydrogen-bond donors (Lipinski definition) is 0. The van der Waals surface area contributed by atoms with E-state index in [0.717, 1.165) is 25.7 Å². The molecule has 0 saturated carbocycles. The standard InChI is InChI=1S/C26H31O2P/c1-28-26(27)21-13-2-3-14-22-29(23-15-7-4-8-16-23,24-17-9-5-10-18-24)25-19-11-6-12-20-25/h4-12,15-20,29H,2-3,13-14,21-22H2,1H3. The number of hydrogen-bond acceptors (Lipinski definition) is 2. The Morgan fingerprint density at radius 3 is 1.48 bits per heavy atom. The zero-order valence-corrected chi connectivity index (χ0v) is 18.2. The van der Waals surface area contributed by atoms with Gasteiger partial charge in [0.1, 0.15) is 0 Å². The van der Waals surface area contributed by atoms with Gasteiger partial charge in [0.05, 0.1) is 0 Å². The molecule has 3 rings (SSSR count). The van der Waals surface area contributed by atoms with Gasteiger partial charge in [-0.1, -0.05) is 0 Å². The summed E-state index contributed by atoms with van der Waals surface area (Å²) in [4.78, 5) is 11.3. The van der Waals surface area contributed by atoms with Crippen molar-refractivity contribution in [3.8, 4) is 0 Å². The molecule has 0 heterocycles. The summed E-state index contributed by atoms with van der Waals surface area (Å²) in [6.07, 6.45) is 5.96. The Morgan fingerprint density at radius 2 is 1.07 bits per heavy atom. The third kappa shape index (κ3) is 5.34. The van der Waals surface area contributed by atoms with Crippen molar-refractivity contribution in [2.45, 2.75) is 32.1 Å². The van der Waals surface area contributed by atoms with Crippen LogP contribution in [-0.4, -0.2) is 19.2 Å². The summed E-state index contributed by atoms with van der Waals surface area (Å²) in [5.41, 5.74) is 0. The molecule has 0 aliphatic rings. The number of rotatable bonds is 10. The van der Waals surface area contributed by atoms with Crippen molar-refractivity contribution in [3.05, 3.63) is 91.0 Å². The Morgan fingerprint density at radius 1 is 0.655 bits per heavy atom. The summed E-state index contributed by atoms with van der Waals surface area (Å²) < 4.78 is 4.75. The normalized spacial score (nSPS) is 11.8.